The van der Waals surface area contributed by atoms with Crippen molar-refractivity contribution in [2.75, 3.05) is 39.3 Å². The molecule has 0 spiro atoms. The second-order valence-corrected chi connectivity index (χ2v) is 8.75. The maximum absolute atomic E-state index is 12.1. The van der Waals surface area contributed by atoms with Gasteiger partial charge in [0.15, 0.2) is 0 Å². The molecular formula is C18H31N3O2S. The van der Waals surface area contributed by atoms with Crippen molar-refractivity contribution >= 4 is 17.4 Å². The van der Waals surface area contributed by atoms with E-state index in [-0.39, 0.29) is 6.09 Å². The minimum atomic E-state index is -0.422. The lowest BCUT2D eigenvalue weighted by Crippen LogP contribution is -2.51. The largest absolute Gasteiger partial charge is 0.444 e. The zero-order valence-corrected chi connectivity index (χ0v) is 16.4. The van der Waals surface area contributed by atoms with Gasteiger partial charge in [-0.2, -0.15) is 0 Å². The molecule has 2 heterocycles. The summed E-state index contributed by atoms with van der Waals surface area (Å²) in [7, 11) is 0. The van der Waals surface area contributed by atoms with E-state index in [1.807, 2.05) is 37.0 Å². The highest BCUT2D eigenvalue weighted by molar-refractivity contribution is 7.12. The number of thiophene rings is 1. The number of nitrogens with one attached hydrogen (secondary N) is 1. The van der Waals surface area contributed by atoms with Gasteiger partial charge in [0.2, 0.25) is 0 Å². The van der Waals surface area contributed by atoms with Crippen LogP contribution in [0.4, 0.5) is 4.79 Å². The first-order chi connectivity index (χ1) is 11.2. The van der Waals surface area contributed by atoms with Crippen LogP contribution in [-0.2, 0) is 4.74 Å². The van der Waals surface area contributed by atoms with E-state index in [0.29, 0.717) is 6.04 Å². The van der Waals surface area contributed by atoms with E-state index in [2.05, 4.69) is 36.2 Å². The van der Waals surface area contributed by atoms with Crippen LogP contribution in [0.15, 0.2) is 12.1 Å². The summed E-state index contributed by atoms with van der Waals surface area (Å²) in [6, 6.07) is 4.78. The summed E-state index contributed by atoms with van der Waals surface area (Å²) in [5, 5.41) is 3.59. The number of aryl methyl sites for hydroxylation is 1. The monoisotopic (exact) mass is 353 g/mol. The number of carbonyl (C=O) groups is 1. The van der Waals surface area contributed by atoms with Crippen LogP contribution in [0.2, 0.25) is 0 Å². The van der Waals surface area contributed by atoms with Gasteiger partial charge >= 0.3 is 6.09 Å². The topological polar surface area (TPSA) is 44.8 Å². The van der Waals surface area contributed by atoms with E-state index in [1.165, 1.54) is 9.75 Å². The second kappa shape index (κ2) is 8.32. The van der Waals surface area contributed by atoms with Crippen molar-refractivity contribution in [1.29, 1.82) is 0 Å². The fourth-order valence-electron chi connectivity index (χ4n) is 2.71. The summed E-state index contributed by atoms with van der Waals surface area (Å²) in [5.41, 5.74) is -0.422. The van der Waals surface area contributed by atoms with Gasteiger partial charge < -0.3 is 15.0 Å². The highest BCUT2D eigenvalue weighted by Gasteiger charge is 2.25. The molecule has 0 saturated carbocycles. The van der Waals surface area contributed by atoms with E-state index in [1.54, 1.807) is 0 Å². The molecule has 1 aromatic heterocycles. The molecule has 0 aliphatic carbocycles. The van der Waals surface area contributed by atoms with Crippen molar-refractivity contribution in [3.05, 3.63) is 21.9 Å². The van der Waals surface area contributed by atoms with Gasteiger partial charge in [-0.3, -0.25) is 4.90 Å². The van der Waals surface area contributed by atoms with Crippen molar-refractivity contribution in [3.8, 4) is 0 Å². The first-order valence-corrected chi connectivity index (χ1v) is 9.56. The summed E-state index contributed by atoms with van der Waals surface area (Å²) in [6.07, 6.45) is -0.193. The van der Waals surface area contributed by atoms with Gasteiger partial charge in [-0.05, 0) is 46.8 Å². The number of carbonyl (C=O) groups excluding carboxylic acids is 1. The minimum absolute atomic E-state index is 0.193. The van der Waals surface area contributed by atoms with E-state index in [0.717, 1.165) is 39.3 Å². The molecule has 5 nitrogen and oxygen atoms in total. The standard InChI is InChI=1S/C18H31N3O2S/c1-14-6-7-16(24-14)15(2)19-8-9-20-10-12-21(13-11-20)17(22)23-18(3,4)5/h6-7,15,19H,8-13H2,1-5H3. The van der Waals surface area contributed by atoms with E-state index >= 15 is 0 Å². The van der Waals surface area contributed by atoms with E-state index < -0.39 is 5.60 Å². The van der Waals surface area contributed by atoms with Crippen molar-refractivity contribution < 1.29 is 9.53 Å². The first kappa shape index (κ1) is 19.2. The van der Waals surface area contributed by atoms with Crippen molar-refractivity contribution in [3.63, 3.8) is 0 Å². The smallest absolute Gasteiger partial charge is 0.410 e. The van der Waals surface area contributed by atoms with Crippen LogP contribution in [0.25, 0.3) is 0 Å². The van der Waals surface area contributed by atoms with E-state index in [4.69, 9.17) is 4.74 Å². The van der Waals surface area contributed by atoms with Crippen LogP contribution >= 0.6 is 11.3 Å². The van der Waals surface area contributed by atoms with Gasteiger partial charge in [-0.1, -0.05) is 0 Å². The summed E-state index contributed by atoms with van der Waals surface area (Å²) in [6.45, 7) is 15.4. The number of rotatable bonds is 5. The molecule has 2 rings (SSSR count). The predicted molar refractivity (Wildman–Crippen MR) is 99.7 cm³/mol. The molecule has 1 saturated heterocycles. The molecular weight excluding hydrogens is 322 g/mol. The summed E-state index contributed by atoms with van der Waals surface area (Å²) in [5.74, 6) is 0. The molecule has 1 unspecified atom stereocenters. The Kier molecular flexibility index (Phi) is 6.66. The zero-order chi connectivity index (χ0) is 17.7. The number of ether oxygens (including phenoxy) is 1. The lowest BCUT2D eigenvalue weighted by Gasteiger charge is -2.35. The Labute approximate surface area is 150 Å². The van der Waals surface area contributed by atoms with Gasteiger partial charge in [0.05, 0.1) is 0 Å². The normalized spacial score (nSPS) is 17.8. The molecule has 0 aromatic carbocycles. The molecule has 24 heavy (non-hydrogen) atoms. The Hall–Kier alpha value is -1.11. The molecule has 1 N–H and O–H groups in total. The van der Waals surface area contributed by atoms with Crippen LogP contribution in [0.3, 0.4) is 0 Å². The molecule has 0 bridgehead atoms. The number of hydrogen-bond acceptors (Lipinski definition) is 5. The van der Waals surface area contributed by atoms with Crippen molar-refractivity contribution in [2.45, 2.75) is 46.3 Å². The summed E-state index contributed by atoms with van der Waals surface area (Å²) in [4.78, 5) is 19.0. The van der Waals surface area contributed by atoms with Crippen molar-refractivity contribution in [2.24, 2.45) is 0 Å². The van der Waals surface area contributed by atoms with Gasteiger partial charge in [0.25, 0.3) is 0 Å². The van der Waals surface area contributed by atoms with Gasteiger partial charge in [0, 0.05) is 55.1 Å². The molecule has 1 amide bonds. The third-order valence-corrected chi connectivity index (χ3v) is 5.27. The van der Waals surface area contributed by atoms with Crippen LogP contribution < -0.4 is 5.32 Å². The number of piperazine rings is 1. The SMILES string of the molecule is Cc1ccc(C(C)NCCN2CCN(C(=O)OC(C)(C)C)CC2)s1. The molecule has 6 heteroatoms. The molecule has 1 aromatic rings. The van der Waals surface area contributed by atoms with Gasteiger partial charge in [-0.15, -0.1) is 11.3 Å². The van der Waals surface area contributed by atoms with Crippen LogP contribution in [0, 0.1) is 6.92 Å². The maximum atomic E-state index is 12.1. The fraction of sp³-hybridized carbons (Fsp3) is 0.722. The molecule has 136 valence electrons. The third kappa shape index (κ3) is 6.07. The Morgan fingerprint density at radius 3 is 2.50 bits per heavy atom. The highest BCUT2D eigenvalue weighted by atomic mass is 32.1. The summed E-state index contributed by atoms with van der Waals surface area (Å²) >= 11 is 1.86. The van der Waals surface area contributed by atoms with E-state index in [9.17, 15) is 4.79 Å². The molecule has 0 radical (unpaired) electrons. The van der Waals surface area contributed by atoms with Crippen LogP contribution in [0.5, 0.6) is 0 Å². The Bertz CT molecular complexity index is 531. The second-order valence-electron chi connectivity index (χ2n) is 7.43. The Balaban J connectivity index is 1.65. The third-order valence-electron chi connectivity index (χ3n) is 4.09. The lowest BCUT2D eigenvalue weighted by molar-refractivity contribution is 0.0146. The minimum Gasteiger partial charge on any atom is -0.444 e. The molecule has 1 fully saturated rings. The fourth-order valence-corrected chi connectivity index (χ4v) is 3.61. The van der Waals surface area contributed by atoms with Crippen LogP contribution in [0.1, 0.15) is 43.5 Å². The molecule has 1 atom stereocenters. The number of amides is 1. The van der Waals surface area contributed by atoms with Crippen LogP contribution in [-0.4, -0.2) is 60.8 Å². The molecule has 1 aliphatic rings. The average Bonchev–Trinajstić information content (AvgIpc) is 2.93. The van der Waals surface area contributed by atoms with Gasteiger partial charge in [0.1, 0.15) is 5.60 Å². The average molecular weight is 354 g/mol. The Morgan fingerprint density at radius 1 is 1.29 bits per heavy atom. The van der Waals surface area contributed by atoms with Crippen molar-refractivity contribution in [1.82, 2.24) is 15.1 Å². The zero-order valence-electron chi connectivity index (χ0n) is 15.6. The Morgan fingerprint density at radius 2 is 1.96 bits per heavy atom. The predicted octanol–water partition coefficient (Wildman–Crippen LogP) is 3.26. The maximum Gasteiger partial charge on any atom is 0.410 e. The highest BCUT2D eigenvalue weighted by Crippen LogP contribution is 2.22. The lowest BCUT2D eigenvalue weighted by atomic mass is 10.2. The quantitative estimate of drug-likeness (QED) is 0.882. The first-order valence-electron chi connectivity index (χ1n) is 8.74. The molecule has 1 aliphatic heterocycles. The summed E-state index contributed by atoms with van der Waals surface area (Å²) < 4.78 is 5.43. The number of hydrogen-bond donors (Lipinski definition) is 1. The number of nitrogens with zero attached hydrogens (tertiary/aromatic N) is 2. The van der Waals surface area contributed by atoms with Gasteiger partial charge in [-0.25, -0.2) is 4.79 Å².